The molecule has 1 aliphatic rings. The molecule has 1 fully saturated rings. The van der Waals surface area contributed by atoms with Gasteiger partial charge in [0.15, 0.2) is 0 Å². The average Bonchev–Trinajstić information content (AvgIpc) is 2.77. The molecule has 8 heteroatoms. The molecular formula is C21H26N4O4. The summed E-state index contributed by atoms with van der Waals surface area (Å²) in [7, 11) is 0. The van der Waals surface area contributed by atoms with Gasteiger partial charge in [-0.15, -0.1) is 5.06 Å². The third-order valence-corrected chi connectivity index (χ3v) is 4.70. The Morgan fingerprint density at radius 2 is 1.66 bits per heavy atom. The van der Waals surface area contributed by atoms with Crippen LogP contribution in [0.5, 0.6) is 5.75 Å². The SMILES string of the molecule is O=C(CCCNC(=O)c1ccc(N2CCN(Oc3ccccc3)CC2)cc1)NO. The Morgan fingerprint density at radius 1 is 0.966 bits per heavy atom. The summed E-state index contributed by atoms with van der Waals surface area (Å²) in [5.41, 5.74) is 3.22. The van der Waals surface area contributed by atoms with Crippen LogP contribution in [0.1, 0.15) is 23.2 Å². The summed E-state index contributed by atoms with van der Waals surface area (Å²) < 4.78 is 0. The van der Waals surface area contributed by atoms with Gasteiger partial charge < -0.3 is 15.1 Å². The Bertz CT molecular complexity index is 790. The summed E-state index contributed by atoms with van der Waals surface area (Å²) in [5.74, 6) is 0.202. The van der Waals surface area contributed by atoms with Gasteiger partial charge >= 0.3 is 0 Å². The van der Waals surface area contributed by atoms with E-state index in [-0.39, 0.29) is 12.3 Å². The van der Waals surface area contributed by atoms with Crippen molar-refractivity contribution in [2.24, 2.45) is 0 Å². The number of para-hydroxylation sites is 1. The predicted octanol–water partition coefficient (Wildman–Crippen LogP) is 1.82. The molecule has 0 aromatic heterocycles. The minimum absolute atomic E-state index is 0.162. The van der Waals surface area contributed by atoms with E-state index < -0.39 is 5.91 Å². The summed E-state index contributed by atoms with van der Waals surface area (Å²) in [6, 6.07) is 17.3. The maximum atomic E-state index is 12.2. The van der Waals surface area contributed by atoms with Crippen molar-refractivity contribution in [1.29, 1.82) is 0 Å². The fourth-order valence-electron chi connectivity index (χ4n) is 3.10. The zero-order valence-electron chi connectivity index (χ0n) is 16.2. The normalized spacial score (nSPS) is 14.3. The second-order valence-electron chi connectivity index (χ2n) is 6.76. The molecule has 3 rings (SSSR count). The molecule has 0 saturated carbocycles. The highest BCUT2D eigenvalue weighted by atomic mass is 16.7. The predicted molar refractivity (Wildman–Crippen MR) is 109 cm³/mol. The fourth-order valence-corrected chi connectivity index (χ4v) is 3.10. The van der Waals surface area contributed by atoms with E-state index in [9.17, 15) is 9.59 Å². The van der Waals surface area contributed by atoms with Gasteiger partial charge in [0, 0.05) is 37.3 Å². The van der Waals surface area contributed by atoms with E-state index in [1.54, 1.807) is 17.6 Å². The Labute approximate surface area is 170 Å². The van der Waals surface area contributed by atoms with Crippen LogP contribution >= 0.6 is 0 Å². The number of carbonyl (C=O) groups is 2. The third kappa shape index (κ3) is 6.20. The van der Waals surface area contributed by atoms with Gasteiger partial charge in [0.05, 0.1) is 13.1 Å². The first-order valence-corrected chi connectivity index (χ1v) is 9.70. The van der Waals surface area contributed by atoms with Crippen LogP contribution in [0, 0.1) is 0 Å². The zero-order valence-corrected chi connectivity index (χ0v) is 16.2. The molecule has 0 aliphatic carbocycles. The fraction of sp³-hybridized carbons (Fsp3) is 0.333. The number of carbonyl (C=O) groups excluding carboxylic acids is 2. The van der Waals surface area contributed by atoms with Gasteiger partial charge in [-0.2, -0.15) is 0 Å². The molecule has 2 amide bonds. The molecule has 0 unspecified atom stereocenters. The van der Waals surface area contributed by atoms with Crippen molar-refractivity contribution in [2.45, 2.75) is 12.8 Å². The van der Waals surface area contributed by atoms with Gasteiger partial charge in [-0.1, -0.05) is 18.2 Å². The quantitative estimate of drug-likeness (QED) is 0.357. The number of anilines is 1. The molecule has 8 nitrogen and oxygen atoms in total. The summed E-state index contributed by atoms with van der Waals surface area (Å²) in [5, 5.41) is 13.2. The lowest BCUT2D eigenvalue weighted by molar-refractivity contribution is -0.129. The zero-order chi connectivity index (χ0) is 20.5. The number of rotatable bonds is 8. The van der Waals surface area contributed by atoms with E-state index in [0.29, 0.717) is 18.5 Å². The number of hydrogen-bond donors (Lipinski definition) is 3. The molecule has 2 aromatic rings. The Balaban J connectivity index is 1.43. The van der Waals surface area contributed by atoms with E-state index in [0.717, 1.165) is 37.6 Å². The lowest BCUT2D eigenvalue weighted by Gasteiger charge is -2.35. The van der Waals surface area contributed by atoms with Gasteiger partial charge in [-0.3, -0.25) is 14.8 Å². The molecule has 29 heavy (non-hydrogen) atoms. The van der Waals surface area contributed by atoms with Crippen molar-refractivity contribution < 1.29 is 19.6 Å². The summed E-state index contributed by atoms with van der Waals surface area (Å²) >= 11 is 0. The van der Waals surface area contributed by atoms with E-state index in [4.69, 9.17) is 10.0 Å². The highest BCUT2D eigenvalue weighted by molar-refractivity contribution is 5.94. The minimum Gasteiger partial charge on any atom is -0.406 e. The number of piperazine rings is 1. The van der Waals surface area contributed by atoms with Gasteiger partial charge in [-0.25, -0.2) is 5.48 Å². The molecule has 2 aromatic carbocycles. The standard InChI is InChI=1S/C21H26N4O4/c26-20(23-28)7-4-12-22-21(27)17-8-10-18(11-9-17)24-13-15-25(16-14-24)29-19-5-2-1-3-6-19/h1-3,5-6,8-11,28H,4,7,12-16H2,(H,22,27)(H,23,26). The van der Waals surface area contributed by atoms with Crippen molar-refractivity contribution >= 4 is 17.5 Å². The van der Waals surface area contributed by atoms with Crippen molar-refractivity contribution in [3.63, 3.8) is 0 Å². The van der Waals surface area contributed by atoms with Gasteiger partial charge in [0.25, 0.3) is 5.91 Å². The van der Waals surface area contributed by atoms with Gasteiger partial charge in [0.2, 0.25) is 5.91 Å². The first-order chi connectivity index (χ1) is 14.2. The highest BCUT2D eigenvalue weighted by Gasteiger charge is 2.19. The van der Waals surface area contributed by atoms with Gasteiger partial charge in [0.1, 0.15) is 5.75 Å². The van der Waals surface area contributed by atoms with Crippen molar-refractivity contribution in [1.82, 2.24) is 15.9 Å². The summed E-state index contributed by atoms with van der Waals surface area (Å²) in [6.45, 7) is 3.63. The van der Waals surface area contributed by atoms with Crippen LogP contribution < -0.4 is 20.5 Å². The number of hydrogen-bond acceptors (Lipinski definition) is 6. The van der Waals surface area contributed by atoms with Crippen LogP contribution in [0.15, 0.2) is 54.6 Å². The minimum atomic E-state index is -0.460. The molecule has 0 radical (unpaired) electrons. The molecular weight excluding hydrogens is 372 g/mol. The van der Waals surface area contributed by atoms with Crippen molar-refractivity contribution in [3.05, 3.63) is 60.2 Å². The smallest absolute Gasteiger partial charge is 0.251 e. The monoisotopic (exact) mass is 398 g/mol. The molecule has 3 N–H and O–H groups in total. The third-order valence-electron chi connectivity index (χ3n) is 4.70. The van der Waals surface area contributed by atoms with E-state index in [1.807, 2.05) is 47.5 Å². The molecule has 1 saturated heterocycles. The van der Waals surface area contributed by atoms with Crippen LogP contribution in [0.4, 0.5) is 5.69 Å². The molecule has 1 aliphatic heterocycles. The first-order valence-electron chi connectivity index (χ1n) is 9.70. The number of benzene rings is 2. The Kier molecular flexibility index (Phi) is 7.43. The molecule has 0 spiro atoms. The Hall–Kier alpha value is -3.10. The lowest BCUT2D eigenvalue weighted by atomic mass is 10.1. The summed E-state index contributed by atoms with van der Waals surface area (Å²) in [6.07, 6.45) is 0.626. The molecule has 0 atom stereocenters. The average molecular weight is 398 g/mol. The number of hydroxylamine groups is 3. The van der Waals surface area contributed by atoms with Crippen LogP contribution in [0.25, 0.3) is 0 Å². The second kappa shape index (κ2) is 10.4. The second-order valence-corrected chi connectivity index (χ2v) is 6.76. The van der Waals surface area contributed by atoms with Crippen molar-refractivity contribution in [2.75, 3.05) is 37.6 Å². The Morgan fingerprint density at radius 3 is 2.31 bits per heavy atom. The van der Waals surface area contributed by atoms with Crippen LogP contribution in [0.3, 0.4) is 0 Å². The van der Waals surface area contributed by atoms with Crippen LogP contribution in [-0.4, -0.2) is 54.8 Å². The van der Waals surface area contributed by atoms with Crippen LogP contribution in [-0.2, 0) is 4.79 Å². The largest absolute Gasteiger partial charge is 0.406 e. The molecule has 0 bridgehead atoms. The topological polar surface area (TPSA) is 94.1 Å². The molecule has 154 valence electrons. The number of amides is 2. The number of nitrogens with zero attached hydrogens (tertiary/aromatic N) is 2. The first kappa shape index (κ1) is 20.6. The molecule has 1 heterocycles. The highest BCUT2D eigenvalue weighted by Crippen LogP contribution is 2.19. The van der Waals surface area contributed by atoms with E-state index in [1.165, 1.54) is 0 Å². The number of nitrogens with one attached hydrogen (secondary N) is 2. The van der Waals surface area contributed by atoms with Crippen LogP contribution in [0.2, 0.25) is 0 Å². The van der Waals surface area contributed by atoms with E-state index >= 15 is 0 Å². The maximum Gasteiger partial charge on any atom is 0.251 e. The summed E-state index contributed by atoms with van der Waals surface area (Å²) in [4.78, 5) is 31.2. The maximum absolute atomic E-state index is 12.2. The lowest BCUT2D eigenvalue weighted by Crippen LogP contribution is -2.47. The van der Waals surface area contributed by atoms with Gasteiger partial charge in [-0.05, 0) is 42.8 Å². The van der Waals surface area contributed by atoms with Crippen molar-refractivity contribution in [3.8, 4) is 5.75 Å². The van der Waals surface area contributed by atoms with E-state index in [2.05, 4.69) is 10.2 Å².